The maximum Gasteiger partial charge on any atom is 0.0723 e. The highest BCUT2D eigenvalue weighted by atomic mass is 16.3. The van der Waals surface area contributed by atoms with Crippen LogP contribution in [0.15, 0.2) is 0 Å². The van der Waals surface area contributed by atoms with Crippen molar-refractivity contribution in [2.24, 2.45) is 29.1 Å². The van der Waals surface area contributed by atoms with E-state index in [-0.39, 0.29) is 6.10 Å². The van der Waals surface area contributed by atoms with E-state index in [0.717, 1.165) is 30.2 Å². The van der Waals surface area contributed by atoms with E-state index in [0.29, 0.717) is 5.41 Å². The number of likely N-dealkylation sites (N-methyl/N-ethyl adjacent to an activating group) is 1. The highest BCUT2D eigenvalue weighted by Crippen LogP contribution is 2.61. The third-order valence-corrected chi connectivity index (χ3v) is 7.07. The highest BCUT2D eigenvalue weighted by Gasteiger charge is 2.53. The molecule has 0 spiro atoms. The van der Waals surface area contributed by atoms with Gasteiger partial charge in [-0.25, -0.2) is 0 Å². The molecule has 1 N–H and O–H groups in total. The summed E-state index contributed by atoms with van der Waals surface area (Å²) in [6.45, 7) is 2.13. The summed E-state index contributed by atoms with van der Waals surface area (Å²) in [6.07, 6.45) is 12.6. The predicted molar refractivity (Wildman–Crippen MR) is 81.4 cm³/mol. The fraction of sp³-hybridized carbons (Fsp3) is 1.00. The van der Waals surface area contributed by atoms with Gasteiger partial charge in [0, 0.05) is 13.1 Å². The van der Waals surface area contributed by atoms with Crippen LogP contribution in [0.25, 0.3) is 0 Å². The molecule has 4 bridgehead atoms. The average Bonchev–Trinajstić information content (AvgIpc) is 2.32. The zero-order valence-electron chi connectivity index (χ0n) is 13.1. The number of aliphatic hydroxyl groups is 1. The van der Waals surface area contributed by atoms with Gasteiger partial charge < -0.3 is 10.0 Å². The third-order valence-electron chi connectivity index (χ3n) is 7.07. The lowest BCUT2D eigenvalue weighted by molar-refractivity contribution is -0.126. The van der Waals surface area contributed by atoms with E-state index in [2.05, 4.69) is 11.9 Å². The first-order chi connectivity index (χ1) is 9.63. The molecule has 5 saturated carbocycles. The number of rotatable bonds is 5. The molecule has 20 heavy (non-hydrogen) atoms. The van der Waals surface area contributed by atoms with Crippen molar-refractivity contribution in [3.63, 3.8) is 0 Å². The first kappa shape index (κ1) is 13.6. The average molecular weight is 277 g/mol. The fourth-order valence-electron chi connectivity index (χ4n) is 6.27. The van der Waals surface area contributed by atoms with Gasteiger partial charge >= 0.3 is 0 Å². The minimum absolute atomic E-state index is 0.0685. The third kappa shape index (κ3) is 2.33. The Morgan fingerprint density at radius 3 is 2.05 bits per heavy atom. The van der Waals surface area contributed by atoms with Crippen molar-refractivity contribution in [2.45, 2.75) is 63.9 Å². The minimum Gasteiger partial charge on any atom is -0.391 e. The molecule has 0 heterocycles. The van der Waals surface area contributed by atoms with E-state index in [4.69, 9.17) is 0 Å². The van der Waals surface area contributed by atoms with Gasteiger partial charge in [0.25, 0.3) is 0 Å². The van der Waals surface area contributed by atoms with E-state index < -0.39 is 0 Å². The van der Waals surface area contributed by atoms with Crippen LogP contribution in [0.1, 0.15) is 57.8 Å². The van der Waals surface area contributed by atoms with Crippen molar-refractivity contribution < 1.29 is 5.11 Å². The molecular formula is C18H31NO. The van der Waals surface area contributed by atoms with Gasteiger partial charge in [-0.2, -0.15) is 0 Å². The fourth-order valence-corrected chi connectivity index (χ4v) is 6.27. The smallest absolute Gasteiger partial charge is 0.0723 e. The van der Waals surface area contributed by atoms with E-state index in [9.17, 15) is 5.11 Å². The molecule has 0 aromatic rings. The maximum atomic E-state index is 10.9. The summed E-state index contributed by atoms with van der Waals surface area (Å²) in [5.41, 5.74) is 0.308. The van der Waals surface area contributed by atoms with Crippen LogP contribution >= 0.6 is 0 Å². The Labute approximate surface area is 123 Å². The lowest BCUT2D eigenvalue weighted by atomic mass is 9.48. The summed E-state index contributed by atoms with van der Waals surface area (Å²) in [5.74, 6) is 3.78. The molecule has 114 valence electrons. The molecule has 0 amide bonds. The summed E-state index contributed by atoms with van der Waals surface area (Å²) >= 11 is 0. The Balaban J connectivity index is 1.38. The van der Waals surface area contributed by atoms with Gasteiger partial charge in [-0.3, -0.25) is 0 Å². The van der Waals surface area contributed by atoms with Crippen LogP contribution in [0.5, 0.6) is 0 Å². The minimum atomic E-state index is -0.0685. The summed E-state index contributed by atoms with van der Waals surface area (Å²) < 4.78 is 0. The predicted octanol–water partition coefficient (Wildman–Crippen LogP) is 3.30. The molecule has 0 saturated heterocycles. The van der Waals surface area contributed by atoms with E-state index in [1.54, 1.807) is 0 Å². The van der Waals surface area contributed by atoms with Gasteiger partial charge in [0.15, 0.2) is 0 Å². The second-order valence-electron chi connectivity index (χ2n) is 8.81. The summed E-state index contributed by atoms with van der Waals surface area (Å²) in [4.78, 5) is 2.42. The Morgan fingerprint density at radius 1 is 1.05 bits per heavy atom. The number of nitrogens with zero attached hydrogens (tertiary/aromatic N) is 1. The standard InChI is InChI=1S/C18H31NO/c1-19(11-13-3-2-4-13)12-17(20)18-8-14-5-15(9-18)7-16(6-14)10-18/h13-17,20H,2-12H2,1H3. The molecular weight excluding hydrogens is 246 g/mol. The summed E-state index contributed by atoms with van der Waals surface area (Å²) in [6, 6.07) is 0. The number of hydrogen-bond donors (Lipinski definition) is 1. The Morgan fingerprint density at radius 2 is 1.60 bits per heavy atom. The van der Waals surface area contributed by atoms with Gasteiger partial charge in [-0.1, -0.05) is 6.42 Å². The van der Waals surface area contributed by atoms with Crippen molar-refractivity contribution in [2.75, 3.05) is 20.1 Å². The molecule has 0 radical (unpaired) electrons. The monoisotopic (exact) mass is 277 g/mol. The molecule has 1 unspecified atom stereocenters. The largest absolute Gasteiger partial charge is 0.391 e. The van der Waals surface area contributed by atoms with Crippen molar-refractivity contribution in [1.82, 2.24) is 4.90 Å². The Hall–Kier alpha value is -0.0800. The van der Waals surface area contributed by atoms with Crippen LogP contribution in [0.2, 0.25) is 0 Å². The number of hydrogen-bond acceptors (Lipinski definition) is 2. The SMILES string of the molecule is CN(CC1CCC1)CC(O)C12CC3CC(CC(C3)C1)C2. The van der Waals surface area contributed by atoms with E-state index in [1.807, 2.05) is 0 Å². The molecule has 0 aromatic carbocycles. The maximum absolute atomic E-state index is 10.9. The van der Waals surface area contributed by atoms with Gasteiger partial charge in [-0.15, -0.1) is 0 Å². The van der Waals surface area contributed by atoms with Crippen LogP contribution in [0.3, 0.4) is 0 Å². The molecule has 5 aliphatic carbocycles. The first-order valence-electron chi connectivity index (χ1n) is 8.99. The van der Waals surface area contributed by atoms with Gasteiger partial charge in [0.2, 0.25) is 0 Å². The summed E-state index contributed by atoms with van der Waals surface area (Å²) in [7, 11) is 2.22. The highest BCUT2D eigenvalue weighted by molar-refractivity contribution is 5.04. The van der Waals surface area contributed by atoms with Crippen LogP contribution in [0, 0.1) is 29.1 Å². The Bertz CT molecular complexity index is 327. The Kier molecular flexibility index (Phi) is 3.38. The molecule has 5 aliphatic rings. The molecule has 0 aromatic heterocycles. The van der Waals surface area contributed by atoms with Crippen molar-refractivity contribution in [3.8, 4) is 0 Å². The quantitative estimate of drug-likeness (QED) is 0.833. The molecule has 1 atom stereocenters. The van der Waals surface area contributed by atoms with Crippen LogP contribution in [0.4, 0.5) is 0 Å². The van der Waals surface area contributed by atoms with Gasteiger partial charge in [-0.05, 0) is 87.5 Å². The summed E-state index contributed by atoms with van der Waals surface area (Å²) in [5, 5.41) is 10.9. The van der Waals surface area contributed by atoms with Gasteiger partial charge in [0.05, 0.1) is 6.10 Å². The van der Waals surface area contributed by atoms with Crippen molar-refractivity contribution in [1.29, 1.82) is 0 Å². The second-order valence-corrected chi connectivity index (χ2v) is 8.81. The molecule has 0 aliphatic heterocycles. The molecule has 5 rings (SSSR count). The van der Waals surface area contributed by atoms with Gasteiger partial charge in [0.1, 0.15) is 0 Å². The zero-order chi connectivity index (χ0) is 13.7. The van der Waals surface area contributed by atoms with Crippen molar-refractivity contribution in [3.05, 3.63) is 0 Å². The second kappa shape index (κ2) is 4.98. The molecule has 2 heteroatoms. The van der Waals surface area contributed by atoms with Crippen LogP contribution < -0.4 is 0 Å². The van der Waals surface area contributed by atoms with Crippen LogP contribution in [-0.2, 0) is 0 Å². The zero-order valence-corrected chi connectivity index (χ0v) is 13.1. The van der Waals surface area contributed by atoms with E-state index >= 15 is 0 Å². The van der Waals surface area contributed by atoms with Crippen LogP contribution in [-0.4, -0.2) is 36.2 Å². The number of aliphatic hydroxyl groups excluding tert-OH is 1. The lowest BCUT2D eigenvalue weighted by Crippen LogP contribution is -2.54. The van der Waals surface area contributed by atoms with E-state index in [1.165, 1.54) is 64.3 Å². The first-order valence-corrected chi connectivity index (χ1v) is 8.99. The normalized spacial score (nSPS) is 44.9. The van der Waals surface area contributed by atoms with Crippen molar-refractivity contribution >= 4 is 0 Å². The molecule has 5 fully saturated rings. The molecule has 2 nitrogen and oxygen atoms in total. The topological polar surface area (TPSA) is 23.5 Å². The lowest BCUT2D eigenvalue weighted by Gasteiger charge is -2.58.